The maximum Gasteiger partial charge on any atom is 0.0842 e. The summed E-state index contributed by atoms with van der Waals surface area (Å²) in [6.45, 7) is 3.80. The van der Waals surface area contributed by atoms with Crippen LogP contribution in [0, 0.1) is 48.2 Å². The van der Waals surface area contributed by atoms with Crippen molar-refractivity contribution in [1.29, 1.82) is 0 Å². The largest absolute Gasteiger partial charge is 0.515 e. The van der Waals surface area contributed by atoms with E-state index in [4.69, 9.17) is 5.11 Å². The van der Waals surface area contributed by atoms with Crippen LogP contribution in [0.25, 0.3) is 5.57 Å². The zero-order valence-corrected chi connectivity index (χ0v) is 11.0. The molecular formula is C9H11NOPr. The van der Waals surface area contributed by atoms with Crippen LogP contribution < -0.4 is 0 Å². The molecule has 0 bridgehead atoms. The van der Waals surface area contributed by atoms with Gasteiger partial charge in [-0.25, -0.2) is 0 Å². The van der Waals surface area contributed by atoms with E-state index in [1.807, 2.05) is 26.0 Å². The molecule has 1 aromatic heterocycles. The van der Waals surface area contributed by atoms with E-state index in [9.17, 15) is 0 Å². The quantitative estimate of drug-likeness (QED) is 0.805. The van der Waals surface area contributed by atoms with Crippen molar-refractivity contribution in [1.82, 2.24) is 4.98 Å². The van der Waals surface area contributed by atoms with E-state index >= 15 is 0 Å². The number of hydrogen-bond donors (Lipinski definition) is 1. The molecule has 0 spiro atoms. The first-order valence-electron chi connectivity index (χ1n) is 3.48. The second kappa shape index (κ2) is 5.66. The van der Waals surface area contributed by atoms with Crippen molar-refractivity contribution in [2.45, 2.75) is 13.8 Å². The number of hydrogen-bond acceptors (Lipinski definition) is 2. The normalized spacial score (nSPS) is 10.7. The SMILES string of the molecule is C/C(=C/O)c1ncccc1C.[Pr]. The van der Waals surface area contributed by atoms with Gasteiger partial charge >= 0.3 is 0 Å². The standard InChI is InChI=1S/C9H11NO.Pr/c1-7-4-3-5-10-9(7)8(2)6-11;/h3-6,11H,1-2H3;/b8-6-;. The summed E-state index contributed by atoms with van der Waals surface area (Å²) in [5.74, 6) is 0. The molecule has 0 fully saturated rings. The molecule has 1 radical (unpaired) electrons. The van der Waals surface area contributed by atoms with Gasteiger partial charge in [-0.15, -0.1) is 0 Å². The van der Waals surface area contributed by atoms with Crippen molar-refractivity contribution in [3.05, 3.63) is 35.8 Å². The van der Waals surface area contributed by atoms with Crippen LogP contribution in [0.3, 0.4) is 0 Å². The average molecular weight is 290 g/mol. The second-order valence-corrected chi connectivity index (χ2v) is 2.48. The van der Waals surface area contributed by atoms with Crippen LogP contribution in [0.5, 0.6) is 0 Å². The molecule has 61 valence electrons. The number of aryl methyl sites for hydroxylation is 1. The van der Waals surface area contributed by atoms with Crippen molar-refractivity contribution in [3.63, 3.8) is 0 Å². The molecular weight excluding hydrogens is 279 g/mol. The van der Waals surface area contributed by atoms with Crippen LogP contribution in [0.1, 0.15) is 18.2 Å². The van der Waals surface area contributed by atoms with Gasteiger partial charge in [0.2, 0.25) is 0 Å². The van der Waals surface area contributed by atoms with Gasteiger partial charge in [0, 0.05) is 53.1 Å². The molecule has 1 N–H and O–H groups in total. The molecule has 0 aliphatic rings. The zero-order chi connectivity index (χ0) is 8.27. The van der Waals surface area contributed by atoms with Crippen LogP contribution in [-0.2, 0) is 0 Å². The summed E-state index contributed by atoms with van der Waals surface area (Å²) in [5, 5.41) is 8.71. The van der Waals surface area contributed by atoms with E-state index < -0.39 is 0 Å². The fourth-order valence-corrected chi connectivity index (χ4v) is 0.960. The molecule has 2 nitrogen and oxygen atoms in total. The number of nitrogens with zero attached hydrogens (tertiary/aromatic N) is 1. The first kappa shape index (κ1) is 12.1. The maximum absolute atomic E-state index is 8.71. The van der Waals surface area contributed by atoms with Gasteiger partial charge in [0.25, 0.3) is 0 Å². The number of pyridine rings is 1. The molecule has 1 aromatic rings. The first-order chi connectivity index (χ1) is 5.25. The molecule has 0 saturated heterocycles. The van der Waals surface area contributed by atoms with Crippen molar-refractivity contribution in [3.8, 4) is 0 Å². The number of aromatic nitrogens is 1. The predicted molar refractivity (Wildman–Crippen MR) is 45.3 cm³/mol. The monoisotopic (exact) mass is 290 g/mol. The number of aliphatic hydroxyl groups is 1. The van der Waals surface area contributed by atoms with Crippen LogP contribution in [0.2, 0.25) is 0 Å². The topological polar surface area (TPSA) is 33.1 Å². The Balaban J connectivity index is 0.00000121. The van der Waals surface area contributed by atoms with Crippen molar-refractivity contribution >= 4 is 5.57 Å². The molecule has 0 amide bonds. The van der Waals surface area contributed by atoms with E-state index in [1.54, 1.807) is 6.20 Å². The molecule has 3 heteroatoms. The summed E-state index contributed by atoms with van der Waals surface area (Å²) in [7, 11) is 0. The summed E-state index contributed by atoms with van der Waals surface area (Å²) < 4.78 is 0. The number of aliphatic hydroxyl groups excluding tert-OH is 1. The minimum absolute atomic E-state index is 0. The fraction of sp³-hybridized carbons (Fsp3) is 0.222. The number of rotatable bonds is 1. The number of allylic oxidation sites excluding steroid dienone is 1. The summed E-state index contributed by atoms with van der Waals surface area (Å²) in [5.41, 5.74) is 2.73. The molecule has 0 aliphatic carbocycles. The van der Waals surface area contributed by atoms with Gasteiger partial charge in [-0.1, -0.05) is 6.07 Å². The van der Waals surface area contributed by atoms with E-state index in [1.165, 1.54) is 0 Å². The van der Waals surface area contributed by atoms with Gasteiger partial charge in [0.05, 0.1) is 12.0 Å². The van der Waals surface area contributed by atoms with Crippen LogP contribution >= 0.6 is 0 Å². The Bertz CT molecular complexity index is 284. The zero-order valence-electron chi connectivity index (χ0n) is 7.28. The second-order valence-electron chi connectivity index (χ2n) is 2.48. The Morgan fingerprint density at radius 1 is 1.58 bits per heavy atom. The Morgan fingerprint density at radius 2 is 2.25 bits per heavy atom. The Hall–Kier alpha value is 0.0536. The third-order valence-electron chi connectivity index (χ3n) is 1.58. The van der Waals surface area contributed by atoms with Gasteiger partial charge < -0.3 is 5.11 Å². The van der Waals surface area contributed by atoms with E-state index in [2.05, 4.69) is 4.98 Å². The van der Waals surface area contributed by atoms with Crippen LogP contribution in [0.15, 0.2) is 24.6 Å². The van der Waals surface area contributed by atoms with E-state index in [0.29, 0.717) is 0 Å². The van der Waals surface area contributed by atoms with Gasteiger partial charge in [0.15, 0.2) is 0 Å². The van der Waals surface area contributed by atoms with Crippen LogP contribution in [0.4, 0.5) is 0 Å². The van der Waals surface area contributed by atoms with Gasteiger partial charge in [-0.3, -0.25) is 4.98 Å². The first-order valence-corrected chi connectivity index (χ1v) is 3.48. The van der Waals surface area contributed by atoms with Gasteiger partial charge in [0.1, 0.15) is 0 Å². The molecule has 0 aliphatic heterocycles. The molecule has 1 rings (SSSR count). The minimum atomic E-state index is 0. The van der Waals surface area contributed by atoms with E-state index in [0.717, 1.165) is 23.1 Å². The van der Waals surface area contributed by atoms with Crippen molar-refractivity contribution in [2.24, 2.45) is 0 Å². The van der Waals surface area contributed by atoms with Gasteiger partial charge in [-0.2, -0.15) is 0 Å². The molecule has 0 unspecified atom stereocenters. The Morgan fingerprint density at radius 3 is 2.75 bits per heavy atom. The van der Waals surface area contributed by atoms with Crippen LogP contribution in [-0.4, -0.2) is 10.1 Å². The average Bonchev–Trinajstić information content (AvgIpc) is 2.04. The Kier molecular flexibility index (Phi) is 5.68. The third kappa shape index (κ3) is 2.83. The molecule has 0 aromatic carbocycles. The maximum atomic E-state index is 8.71. The summed E-state index contributed by atoms with van der Waals surface area (Å²) in [6, 6.07) is 3.85. The summed E-state index contributed by atoms with van der Waals surface area (Å²) >= 11 is 0. The molecule has 12 heavy (non-hydrogen) atoms. The molecule has 1 heterocycles. The molecule has 0 atom stereocenters. The minimum Gasteiger partial charge on any atom is -0.515 e. The third-order valence-corrected chi connectivity index (χ3v) is 1.58. The summed E-state index contributed by atoms with van der Waals surface area (Å²) in [4.78, 5) is 4.12. The summed E-state index contributed by atoms with van der Waals surface area (Å²) in [6.07, 6.45) is 2.80. The molecule has 0 saturated carbocycles. The van der Waals surface area contributed by atoms with Gasteiger partial charge in [-0.05, 0) is 25.5 Å². The van der Waals surface area contributed by atoms with Crippen molar-refractivity contribution in [2.75, 3.05) is 0 Å². The van der Waals surface area contributed by atoms with Crippen molar-refractivity contribution < 1.29 is 46.4 Å². The Labute approximate surface area is 106 Å². The van der Waals surface area contributed by atoms with E-state index in [-0.39, 0.29) is 41.3 Å². The fourth-order valence-electron chi connectivity index (χ4n) is 0.960. The smallest absolute Gasteiger partial charge is 0.0842 e. The predicted octanol–water partition coefficient (Wildman–Crippen LogP) is 2.31.